The van der Waals surface area contributed by atoms with Crippen LogP contribution in [0, 0.1) is 28.6 Å². The van der Waals surface area contributed by atoms with Crippen LogP contribution in [0.4, 0.5) is 0 Å². The largest absolute Gasteiger partial charge is 0.378 e. The Kier molecular flexibility index (Phi) is 7.65. The molecule has 2 rings (SSSR count). The standard InChI is InChI=1S/C24H27N3/c1-4-6-8-10-18(3)23-15-21(14-19(16-25)17-26)24-20(11-7-5-2)12-9-13-22(24)27-23/h4-6,8,10,13-14,21,23,27H,2-3,7,9,11-12,15H2,1H3/b6-4-,10-8-. The number of nitrogens with zero attached hydrogens (tertiary/aromatic N) is 2. The average molecular weight is 358 g/mol. The lowest BCUT2D eigenvalue weighted by molar-refractivity contribution is 0.481. The van der Waals surface area contributed by atoms with Crippen molar-refractivity contribution in [2.24, 2.45) is 5.92 Å². The molecule has 0 saturated carbocycles. The molecule has 2 atom stereocenters. The molecule has 138 valence electrons. The van der Waals surface area contributed by atoms with Gasteiger partial charge in [-0.2, -0.15) is 10.5 Å². The minimum atomic E-state index is 0.0452. The van der Waals surface area contributed by atoms with Crippen molar-refractivity contribution in [1.82, 2.24) is 5.32 Å². The molecule has 1 heterocycles. The first kappa shape index (κ1) is 20.3. The zero-order valence-corrected chi connectivity index (χ0v) is 16.0. The molecule has 0 bridgehead atoms. The molecule has 3 nitrogen and oxygen atoms in total. The van der Waals surface area contributed by atoms with Crippen molar-refractivity contribution in [3.8, 4) is 12.1 Å². The Morgan fingerprint density at radius 3 is 2.78 bits per heavy atom. The lowest BCUT2D eigenvalue weighted by Gasteiger charge is -2.38. The highest BCUT2D eigenvalue weighted by Gasteiger charge is 2.32. The summed E-state index contributed by atoms with van der Waals surface area (Å²) in [5.74, 6) is 0.0452. The van der Waals surface area contributed by atoms with E-state index in [1.54, 1.807) is 0 Å². The van der Waals surface area contributed by atoms with Crippen LogP contribution in [-0.2, 0) is 0 Å². The van der Waals surface area contributed by atoms with Gasteiger partial charge in [0.15, 0.2) is 0 Å². The normalized spacial score (nSPS) is 21.7. The van der Waals surface area contributed by atoms with Crippen LogP contribution in [0.25, 0.3) is 0 Å². The van der Waals surface area contributed by atoms with Gasteiger partial charge in [-0.3, -0.25) is 0 Å². The van der Waals surface area contributed by atoms with Gasteiger partial charge < -0.3 is 5.32 Å². The van der Waals surface area contributed by atoms with Gasteiger partial charge in [-0.25, -0.2) is 0 Å². The van der Waals surface area contributed by atoms with Crippen molar-refractivity contribution in [2.45, 2.75) is 45.1 Å². The summed E-state index contributed by atoms with van der Waals surface area (Å²) in [6.07, 6.45) is 18.7. The SMILES string of the molecule is C=CCCC1=C2C(=CCC1)NC(C(=C)/C=C\C=C/C)CC2C=C(C#N)C#N. The van der Waals surface area contributed by atoms with Crippen molar-refractivity contribution in [2.75, 3.05) is 0 Å². The van der Waals surface area contributed by atoms with Gasteiger partial charge in [-0.1, -0.05) is 48.6 Å². The second-order valence-corrected chi connectivity index (χ2v) is 6.80. The maximum atomic E-state index is 9.24. The molecule has 0 aromatic heterocycles. The summed E-state index contributed by atoms with van der Waals surface area (Å²) in [6.45, 7) is 10.0. The molecule has 0 aromatic carbocycles. The van der Waals surface area contributed by atoms with Crippen LogP contribution >= 0.6 is 0 Å². The lowest BCUT2D eigenvalue weighted by atomic mass is 9.76. The van der Waals surface area contributed by atoms with Gasteiger partial charge in [-0.05, 0) is 56.3 Å². The van der Waals surface area contributed by atoms with Gasteiger partial charge >= 0.3 is 0 Å². The number of piperidine rings is 1. The Bertz CT molecular complexity index is 803. The van der Waals surface area contributed by atoms with Crippen LogP contribution in [0.1, 0.15) is 39.0 Å². The fourth-order valence-corrected chi connectivity index (χ4v) is 3.68. The van der Waals surface area contributed by atoms with Crippen LogP contribution in [0.2, 0.25) is 0 Å². The molecule has 1 fully saturated rings. The van der Waals surface area contributed by atoms with E-state index in [0.717, 1.165) is 43.4 Å². The van der Waals surface area contributed by atoms with E-state index in [-0.39, 0.29) is 17.5 Å². The van der Waals surface area contributed by atoms with Crippen LogP contribution in [0.3, 0.4) is 0 Å². The summed E-state index contributed by atoms with van der Waals surface area (Å²) in [6, 6.07) is 4.11. The van der Waals surface area contributed by atoms with Crippen LogP contribution in [-0.4, -0.2) is 6.04 Å². The van der Waals surface area contributed by atoms with E-state index < -0.39 is 0 Å². The van der Waals surface area contributed by atoms with Gasteiger partial charge in [0, 0.05) is 11.6 Å². The molecule has 0 spiro atoms. The van der Waals surface area contributed by atoms with Crippen molar-refractivity contribution < 1.29 is 0 Å². The molecule has 1 aliphatic heterocycles. The Labute approximate surface area is 163 Å². The predicted molar refractivity (Wildman–Crippen MR) is 111 cm³/mol. The molecule has 27 heavy (non-hydrogen) atoms. The van der Waals surface area contributed by atoms with Crippen molar-refractivity contribution in [1.29, 1.82) is 10.5 Å². The molecule has 3 heteroatoms. The lowest BCUT2D eigenvalue weighted by Crippen LogP contribution is -2.39. The van der Waals surface area contributed by atoms with Crippen LogP contribution in [0.15, 0.2) is 83.7 Å². The molecule has 0 aromatic rings. The molecule has 1 N–H and O–H groups in total. The molecular formula is C24H27N3. The number of rotatable bonds is 7. The minimum absolute atomic E-state index is 0.0452. The van der Waals surface area contributed by atoms with E-state index in [0.29, 0.717) is 0 Å². The highest BCUT2D eigenvalue weighted by atomic mass is 15.0. The number of fused-ring (bicyclic) bond motifs is 1. The molecule has 0 radical (unpaired) electrons. The van der Waals surface area contributed by atoms with Crippen molar-refractivity contribution in [3.63, 3.8) is 0 Å². The third-order valence-electron chi connectivity index (χ3n) is 4.98. The monoisotopic (exact) mass is 357 g/mol. The number of hydrogen-bond acceptors (Lipinski definition) is 3. The van der Waals surface area contributed by atoms with E-state index in [1.807, 2.05) is 55.5 Å². The van der Waals surface area contributed by atoms with E-state index in [4.69, 9.17) is 0 Å². The molecule has 0 amide bonds. The average Bonchev–Trinajstić information content (AvgIpc) is 2.69. The van der Waals surface area contributed by atoms with Gasteiger partial charge in [0.25, 0.3) is 0 Å². The summed E-state index contributed by atoms with van der Waals surface area (Å²) >= 11 is 0. The third-order valence-corrected chi connectivity index (χ3v) is 4.98. The summed E-state index contributed by atoms with van der Waals surface area (Å²) < 4.78 is 0. The summed E-state index contributed by atoms with van der Waals surface area (Å²) in [4.78, 5) is 0. The smallest absolute Gasteiger partial charge is 0.126 e. The molecule has 1 saturated heterocycles. The zero-order chi connectivity index (χ0) is 19.6. The summed E-state index contributed by atoms with van der Waals surface area (Å²) in [5.41, 5.74) is 4.97. The maximum Gasteiger partial charge on any atom is 0.126 e. The van der Waals surface area contributed by atoms with Gasteiger partial charge in [0.1, 0.15) is 17.7 Å². The quantitative estimate of drug-likeness (QED) is 0.368. The first-order chi connectivity index (χ1) is 13.1. The van der Waals surface area contributed by atoms with E-state index >= 15 is 0 Å². The van der Waals surface area contributed by atoms with Gasteiger partial charge in [-0.15, -0.1) is 6.58 Å². The van der Waals surface area contributed by atoms with Crippen molar-refractivity contribution >= 4 is 0 Å². The topological polar surface area (TPSA) is 59.6 Å². The molecular weight excluding hydrogens is 330 g/mol. The van der Waals surface area contributed by atoms with E-state index in [9.17, 15) is 10.5 Å². The van der Waals surface area contributed by atoms with Crippen molar-refractivity contribution in [3.05, 3.63) is 83.7 Å². The number of allylic oxidation sites excluding steroid dienone is 9. The second-order valence-electron chi connectivity index (χ2n) is 6.80. The maximum absolute atomic E-state index is 9.24. The molecule has 1 aliphatic carbocycles. The Balaban J connectivity index is 2.40. The number of hydrogen-bond donors (Lipinski definition) is 1. The van der Waals surface area contributed by atoms with E-state index in [1.165, 1.54) is 11.1 Å². The first-order valence-corrected chi connectivity index (χ1v) is 9.44. The fourth-order valence-electron chi connectivity index (χ4n) is 3.68. The minimum Gasteiger partial charge on any atom is -0.378 e. The predicted octanol–water partition coefficient (Wildman–Crippen LogP) is 5.57. The van der Waals surface area contributed by atoms with Crippen LogP contribution < -0.4 is 5.32 Å². The van der Waals surface area contributed by atoms with Crippen LogP contribution in [0.5, 0.6) is 0 Å². The number of nitrogens with one attached hydrogen (secondary N) is 1. The van der Waals surface area contributed by atoms with Gasteiger partial charge in [0.05, 0.1) is 6.04 Å². The molecule has 2 aliphatic rings. The Hall–Kier alpha value is -3.04. The molecule has 2 unspecified atom stereocenters. The highest BCUT2D eigenvalue weighted by molar-refractivity contribution is 5.48. The highest BCUT2D eigenvalue weighted by Crippen LogP contribution is 2.40. The Morgan fingerprint density at radius 1 is 1.33 bits per heavy atom. The fraction of sp³-hybridized carbons (Fsp3) is 0.333. The third kappa shape index (κ3) is 5.22. The zero-order valence-electron chi connectivity index (χ0n) is 16.0. The van der Waals surface area contributed by atoms with Gasteiger partial charge in [0.2, 0.25) is 0 Å². The first-order valence-electron chi connectivity index (χ1n) is 9.44. The summed E-state index contributed by atoms with van der Waals surface area (Å²) in [5, 5.41) is 22.1. The second kappa shape index (κ2) is 10.2. The van der Waals surface area contributed by atoms with E-state index in [2.05, 4.69) is 24.6 Å². The Morgan fingerprint density at radius 2 is 2.11 bits per heavy atom. The summed E-state index contributed by atoms with van der Waals surface area (Å²) in [7, 11) is 0. The number of nitriles is 2.